The van der Waals surface area contributed by atoms with Crippen molar-refractivity contribution in [1.29, 1.82) is 0 Å². The summed E-state index contributed by atoms with van der Waals surface area (Å²) < 4.78 is 26.6. The number of hydrogen-bond acceptors (Lipinski definition) is 6. The lowest BCUT2D eigenvalue weighted by Crippen LogP contribution is -2.48. The predicted octanol–water partition coefficient (Wildman–Crippen LogP) is 3.93. The number of hydrogen-bond donors (Lipinski definition) is 5. The molecule has 4 aromatic rings. The molecule has 0 aliphatic heterocycles. The van der Waals surface area contributed by atoms with Crippen LogP contribution in [-0.2, 0) is 26.0 Å². The lowest BCUT2D eigenvalue weighted by atomic mass is 9.81. The fourth-order valence-electron chi connectivity index (χ4n) is 5.84. The standard InChI is InChI=1S/C33H40N6O5S.ClH/c1-20-4-14-26(45(43,44)39(2)3)18-27(20)23-9-5-21(6-10-23)16-30(36-31(40)24-11-7-22(19-34)8-12-24)32(41)35-25-13-15-28-29(17-25)38-33(42)37-28;/h4-6,9-10,13-15,17-18,22,24,30H,7-8,11-12,16,19,34H2,1-3H3,(H,35,41)(H,36,40)(H2,37,38,42);1H/t22-,24-,30-;/m0./s1. The van der Waals surface area contributed by atoms with Crippen LogP contribution in [0.25, 0.3) is 22.2 Å². The Morgan fingerprint density at radius 2 is 1.63 bits per heavy atom. The highest BCUT2D eigenvalue weighted by Crippen LogP contribution is 2.30. The second-order valence-electron chi connectivity index (χ2n) is 12.0. The molecule has 1 aromatic heterocycles. The predicted molar refractivity (Wildman–Crippen MR) is 182 cm³/mol. The summed E-state index contributed by atoms with van der Waals surface area (Å²) in [5.74, 6) is -0.283. The zero-order valence-corrected chi connectivity index (χ0v) is 27.8. The number of amides is 2. The average Bonchev–Trinajstić information content (AvgIpc) is 3.40. The maximum absolute atomic E-state index is 13.6. The summed E-state index contributed by atoms with van der Waals surface area (Å²) in [5, 5.41) is 5.90. The molecule has 0 saturated heterocycles. The van der Waals surface area contributed by atoms with E-state index in [9.17, 15) is 22.8 Å². The van der Waals surface area contributed by atoms with Crippen molar-refractivity contribution >= 4 is 51.0 Å². The van der Waals surface area contributed by atoms with Gasteiger partial charge in [-0.15, -0.1) is 12.4 Å². The highest BCUT2D eigenvalue weighted by atomic mass is 35.5. The van der Waals surface area contributed by atoms with Crippen LogP contribution in [0.3, 0.4) is 0 Å². The van der Waals surface area contributed by atoms with Gasteiger partial charge in [0, 0.05) is 32.1 Å². The van der Waals surface area contributed by atoms with E-state index in [1.807, 2.05) is 31.2 Å². The number of aromatic amines is 2. The summed E-state index contributed by atoms with van der Waals surface area (Å²) >= 11 is 0. The Morgan fingerprint density at radius 3 is 2.28 bits per heavy atom. The van der Waals surface area contributed by atoms with Gasteiger partial charge in [0.05, 0.1) is 15.9 Å². The quantitative estimate of drug-likeness (QED) is 0.171. The molecular formula is C33H41ClN6O5S. The van der Waals surface area contributed by atoms with Crippen molar-refractivity contribution in [2.24, 2.45) is 17.6 Å². The van der Waals surface area contributed by atoms with E-state index in [0.29, 0.717) is 29.2 Å². The molecule has 6 N–H and O–H groups in total. The van der Waals surface area contributed by atoms with E-state index in [0.717, 1.165) is 47.9 Å². The molecule has 0 bridgehead atoms. The van der Waals surface area contributed by atoms with E-state index < -0.39 is 16.1 Å². The number of carbonyl (C=O) groups is 2. The number of nitrogens with two attached hydrogens (primary N) is 1. The Hall–Kier alpha value is -3.97. The number of imidazole rings is 1. The molecule has 1 fully saturated rings. The summed E-state index contributed by atoms with van der Waals surface area (Å²) in [7, 11) is -0.598. The van der Waals surface area contributed by atoms with Crippen LogP contribution in [0.15, 0.2) is 70.4 Å². The summed E-state index contributed by atoms with van der Waals surface area (Å²) in [5.41, 5.74) is 10.5. The Bertz CT molecular complexity index is 1860. The van der Waals surface area contributed by atoms with Crippen molar-refractivity contribution in [2.45, 2.75) is 50.0 Å². The number of nitrogens with one attached hydrogen (secondary N) is 4. The van der Waals surface area contributed by atoms with Gasteiger partial charge in [-0.3, -0.25) is 9.59 Å². The fraction of sp³-hybridized carbons (Fsp3) is 0.364. The highest BCUT2D eigenvalue weighted by molar-refractivity contribution is 7.89. The third-order valence-electron chi connectivity index (χ3n) is 8.66. The van der Waals surface area contributed by atoms with Gasteiger partial charge < -0.3 is 26.3 Å². The summed E-state index contributed by atoms with van der Waals surface area (Å²) in [6.07, 6.45) is 3.48. The molecule has 11 nitrogen and oxygen atoms in total. The van der Waals surface area contributed by atoms with Gasteiger partial charge >= 0.3 is 5.69 Å². The second kappa shape index (κ2) is 14.6. The molecule has 13 heteroatoms. The van der Waals surface area contributed by atoms with Gasteiger partial charge in [0.2, 0.25) is 21.8 Å². The third kappa shape index (κ3) is 7.87. The zero-order chi connectivity index (χ0) is 32.3. The molecule has 1 atom stereocenters. The van der Waals surface area contributed by atoms with Crippen LogP contribution >= 0.6 is 12.4 Å². The van der Waals surface area contributed by atoms with E-state index in [4.69, 9.17) is 5.73 Å². The summed E-state index contributed by atoms with van der Waals surface area (Å²) in [6.45, 7) is 2.54. The lowest BCUT2D eigenvalue weighted by Gasteiger charge is -2.28. The Balaban J connectivity index is 0.00000480. The Labute approximate surface area is 274 Å². The number of anilines is 1. The molecule has 5 rings (SSSR count). The minimum atomic E-state index is -3.60. The number of rotatable bonds is 10. The molecular weight excluding hydrogens is 628 g/mol. The monoisotopic (exact) mass is 668 g/mol. The van der Waals surface area contributed by atoms with Crippen molar-refractivity contribution in [3.63, 3.8) is 0 Å². The van der Waals surface area contributed by atoms with E-state index in [1.54, 1.807) is 36.4 Å². The maximum atomic E-state index is 13.6. The van der Waals surface area contributed by atoms with Crippen LogP contribution in [0.4, 0.5) is 5.69 Å². The topological polar surface area (TPSA) is 170 Å². The minimum Gasteiger partial charge on any atom is -0.344 e. The van der Waals surface area contributed by atoms with E-state index in [1.165, 1.54) is 18.4 Å². The molecule has 0 spiro atoms. The number of nitrogens with zero attached hydrogens (tertiary/aromatic N) is 1. The number of sulfonamides is 1. The number of halogens is 1. The number of aryl methyl sites for hydroxylation is 1. The van der Waals surface area contributed by atoms with Gasteiger partial charge in [-0.25, -0.2) is 17.5 Å². The zero-order valence-electron chi connectivity index (χ0n) is 26.1. The van der Waals surface area contributed by atoms with Crippen LogP contribution in [0.1, 0.15) is 36.8 Å². The SMILES string of the molecule is Cc1ccc(S(=O)(=O)N(C)C)cc1-c1ccc(C[C@H](NC(=O)[C@H]2CC[C@H](CN)CC2)C(=O)Nc2ccc3[nH]c(=O)[nH]c3c2)cc1.Cl. The van der Waals surface area contributed by atoms with Crippen molar-refractivity contribution in [3.05, 3.63) is 82.3 Å². The molecule has 3 aromatic carbocycles. The largest absolute Gasteiger partial charge is 0.344 e. The molecule has 246 valence electrons. The van der Waals surface area contributed by atoms with Gasteiger partial charge in [0.25, 0.3) is 0 Å². The van der Waals surface area contributed by atoms with Gasteiger partial charge in [-0.05, 0) is 97.7 Å². The third-order valence-corrected chi connectivity index (χ3v) is 10.5. The number of H-pyrrole nitrogens is 2. The highest BCUT2D eigenvalue weighted by Gasteiger charge is 2.29. The molecule has 0 unspecified atom stereocenters. The summed E-state index contributed by atoms with van der Waals surface area (Å²) in [4.78, 5) is 44.2. The first-order valence-electron chi connectivity index (χ1n) is 15.1. The van der Waals surface area contributed by atoms with Gasteiger partial charge in [0.15, 0.2) is 0 Å². The van der Waals surface area contributed by atoms with Crippen LogP contribution in [-0.4, -0.2) is 61.2 Å². The number of fused-ring (bicyclic) bond motifs is 1. The second-order valence-corrected chi connectivity index (χ2v) is 14.2. The average molecular weight is 669 g/mol. The van der Waals surface area contributed by atoms with E-state index >= 15 is 0 Å². The molecule has 1 aliphatic rings. The van der Waals surface area contributed by atoms with Gasteiger partial charge in [-0.1, -0.05) is 30.3 Å². The normalized spacial score (nSPS) is 17.3. The van der Waals surface area contributed by atoms with Crippen LogP contribution in [0.2, 0.25) is 0 Å². The van der Waals surface area contributed by atoms with Crippen molar-refractivity contribution in [3.8, 4) is 11.1 Å². The van der Waals surface area contributed by atoms with E-state index in [2.05, 4.69) is 20.6 Å². The molecule has 2 amide bonds. The summed E-state index contributed by atoms with van der Waals surface area (Å²) in [6, 6.07) is 16.8. The van der Waals surface area contributed by atoms with Crippen molar-refractivity contribution in [1.82, 2.24) is 19.6 Å². The Kier molecular flexibility index (Phi) is 11.1. The van der Waals surface area contributed by atoms with Crippen molar-refractivity contribution < 1.29 is 18.0 Å². The molecule has 1 aliphatic carbocycles. The number of aromatic nitrogens is 2. The van der Waals surface area contributed by atoms with Gasteiger partial charge in [-0.2, -0.15) is 0 Å². The maximum Gasteiger partial charge on any atom is 0.323 e. The van der Waals surface area contributed by atoms with Crippen LogP contribution in [0, 0.1) is 18.8 Å². The first-order valence-corrected chi connectivity index (χ1v) is 16.5. The van der Waals surface area contributed by atoms with E-state index in [-0.39, 0.29) is 47.1 Å². The first kappa shape index (κ1) is 34.9. The Morgan fingerprint density at radius 1 is 0.957 bits per heavy atom. The number of benzene rings is 3. The van der Waals surface area contributed by atoms with Crippen LogP contribution < -0.4 is 22.1 Å². The molecule has 0 radical (unpaired) electrons. The molecule has 46 heavy (non-hydrogen) atoms. The van der Waals surface area contributed by atoms with Gasteiger partial charge in [0.1, 0.15) is 6.04 Å². The first-order chi connectivity index (χ1) is 21.4. The molecule has 1 saturated carbocycles. The fourth-order valence-corrected chi connectivity index (χ4v) is 6.77. The smallest absolute Gasteiger partial charge is 0.323 e. The lowest BCUT2D eigenvalue weighted by molar-refractivity contribution is -0.130. The van der Waals surface area contributed by atoms with Crippen molar-refractivity contribution in [2.75, 3.05) is 26.0 Å². The minimum absolute atomic E-state index is 0. The molecule has 1 heterocycles. The number of carbonyl (C=O) groups excluding carboxylic acids is 2. The van der Waals surface area contributed by atoms with Crippen LogP contribution in [0.5, 0.6) is 0 Å².